The fraction of sp³-hybridized carbons (Fsp3) is 0.630. The molecule has 172 valence electrons. The van der Waals surface area contributed by atoms with Crippen LogP contribution in [0.2, 0.25) is 0 Å². The van der Waals surface area contributed by atoms with E-state index in [4.69, 9.17) is 4.74 Å². The maximum Gasteiger partial charge on any atom is 0.159 e. The monoisotopic (exact) mass is 428 g/mol. The molecule has 4 heteroatoms. The molecule has 1 aromatic carbocycles. The number of hydrogen-bond acceptors (Lipinski definition) is 3. The SMILES string of the molecule is CCCCCCCCCCc1cnc(-c2ccc(OCCC(F)CCCC)cc2)nc1. The minimum Gasteiger partial charge on any atom is -0.493 e. The predicted molar refractivity (Wildman–Crippen MR) is 128 cm³/mol. The Balaban J connectivity index is 1.67. The van der Waals surface area contributed by atoms with Gasteiger partial charge in [-0.25, -0.2) is 14.4 Å². The molecule has 0 bridgehead atoms. The first-order valence-corrected chi connectivity index (χ1v) is 12.4. The Labute approximate surface area is 188 Å². The molecule has 0 amide bonds. The smallest absolute Gasteiger partial charge is 0.159 e. The summed E-state index contributed by atoms with van der Waals surface area (Å²) in [4.78, 5) is 9.08. The summed E-state index contributed by atoms with van der Waals surface area (Å²) in [7, 11) is 0. The molecule has 1 heterocycles. The highest BCUT2D eigenvalue weighted by Gasteiger charge is 2.07. The van der Waals surface area contributed by atoms with Crippen LogP contribution in [0.5, 0.6) is 5.75 Å². The molecular formula is C27H41FN2O. The number of benzene rings is 1. The van der Waals surface area contributed by atoms with Gasteiger partial charge in [0.15, 0.2) is 5.82 Å². The van der Waals surface area contributed by atoms with Crippen molar-refractivity contribution in [2.24, 2.45) is 0 Å². The molecule has 3 nitrogen and oxygen atoms in total. The second-order valence-electron chi connectivity index (χ2n) is 8.54. The highest BCUT2D eigenvalue weighted by molar-refractivity contribution is 5.55. The van der Waals surface area contributed by atoms with Crippen LogP contribution < -0.4 is 4.74 Å². The van der Waals surface area contributed by atoms with Crippen molar-refractivity contribution in [3.05, 3.63) is 42.2 Å². The molecule has 1 atom stereocenters. The van der Waals surface area contributed by atoms with Gasteiger partial charge >= 0.3 is 0 Å². The Morgan fingerprint density at radius 3 is 2.03 bits per heavy atom. The summed E-state index contributed by atoms with van der Waals surface area (Å²) < 4.78 is 19.4. The number of aryl methyl sites for hydroxylation is 1. The number of halogens is 1. The Morgan fingerprint density at radius 2 is 1.39 bits per heavy atom. The van der Waals surface area contributed by atoms with Gasteiger partial charge in [-0.15, -0.1) is 0 Å². The Hall–Kier alpha value is -1.97. The maximum atomic E-state index is 13.7. The molecule has 0 aliphatic heterocycles. The third kappa shape index (κ3) is 10.8. The van der Waals surface area contributed by atoms with E-state index < -0.39 is 6.17 Å². The summed E-state index contributed by atoms with van der Waals surface area (Å²) in [5, 5.41) is 0. The van der Waals surface area contributed by atoms with E-state index in [1.54, 1.807) is 0 Å². The average molecular weight is 429 g/mol. The summed E-state index contributed by atoms with van der Waals surface area (Å²) in [6.45, 7) is 4.75. The van der Waals surface area contributed by atoms with Crippen molar-refractivity contribution < 1.29 is 9.13 Å². The molecule has 0 saturated heterocycles. The third-order valence-electron chi connectivity index (χ3n) is 5.71. The fourth-order valence-electron chi connectivity index (χ4n) is 3.67. The summed E-state index contributed by atoms with van der Waals surface area (Å²) in [6, 6.07) is 7.75. The number of hydrogen-bond donors (Lipinski definition) is 0. The van der Waals surface area contributed by atoms with Gasteiger partial charge in [0.1, 0.15) is 11.9 Å². The average Bonchev–Trinajstić information content (AvgIpc) is 2.80. The van der Waals surface area contributed by atoms with Gasteiger partial charge in [-0.2, -0.15) is 0 Å². The van der Waals surface area contributed by atoms with Crippen LogP contribution >= 0.6 is 0 Å². The van der Waals surface area contributed by atoms with Crippen molar-refractivity contribution in [2.45, 2.75) is 103 Å². The van der Waals surface area contributed by atoms with Crippen LogP contribution in [0.15, 0.2) is 36.7 Å². The normalized spacial score (nSPS) is 12.1. The number of ether oxygens (including phenoxy) is 1. The van der Waals surface area contributed by atoms with Gasteiger partial charge in [-0.05, 0) is 49.1 Å². The van der Waals surface area contributed by atoms with Gasteiger partial charge in [0.2, 0.25) is 0 Å². The maximum absolute atomic E-state index is 13.7. The number of nitrogens with zero attached hydrogens (tertiary/aromatic N) is 2. The molecule has 0 aliphatic carbocycles. The van der Waals surface area contributed by atoms with E-state index >= 15 is 0 Å². The lowest BCUT2D eigenvalue weighted by Crippen LogP contribution is -2.07. The minimum absolute atomic E-state index is 0.411. The Kier molecular flexibility index (Phi) is 12.9. The van der Waals surface area contributed by atoms with Crippen LogP contribution in [0.25, 0.3) is 11.4 Å². The van der Waals surface area contributed by atoms with Crippen LogP contribution in [0.3, 0.4) is 0 Å². The van der Waals surface area contributed by atoms with Gasteiger partial charge in [0, 0.05) is 24.4 Å². The van der Waals surface area contributed by atoms with Gasteiger partial charge in [-0.1, -0.05) is 71.6 Å². The second kappa shape index (κ2) is 15.8. The minimum atomic E-state index is -0.767. The quantitative estimate of drug-likeness (QED) is 0.239. The molecular weight excluding hydrogens is 387 g/mol. The van der Waals surface area contributed by atoms with Gasteiger partial charge < -0.3 is 4.74 Å². The molecule has 0 fully saturated rings. The lowest BCUT2D eigenvalue weighted by atomic mass is 10.1. The number of rotatable bonds is 17. The number of aromatic nitrogens is 2. The summed E-state index contributed by atoms with van der Waals surface area (Å²) >= 11 is 0. The first-order chi connectivity index (χ1) is 15.2. The zero-order chi connectivity index (χ0) is 22.2. The van der Waals surface area contributed by atoms with Crippen LogP contribution in [0.4, 0.5) is 4.39 Å². The van der Waals surface area contributed by atoms with Crippen molar-refractivity contribution in [1.29, 1.82) is 0 Å². The predicted octanol–water partition coefficient (Wildman–Crippen LogP) is 8.12. The molecule has 0 spiro atoms. The van der Waals surface area contributed by atoms with Crippen LogP contribution in [-0.4, -0.2) is 22.7 Å². The van der Waals surface area contributed by atoms with Crippen LogP contribution in [0.1, 0.15) is 96.5 Å². The third-order valence-corrected chi connectivity index (χ3v) is 5.71. The number of alkyl halides is 1. The van der Waals surface area contributed by atoms with E-state index in [0.717, 1.165) is 36.4 Å². The number of unbranched alkanes of at least 4 members (excludes halogenated alkanes) is 8. The molecule has 0 radical (unpaired) electrons. The van der Waals surface area contributed by atoms with E-state index in [-0.39, 0.29) is 0 Å². The molecule has 1 aromatic heterocycles. The van der Waals surface area contributed by atoms with E-state index in [9.17, 15) is 4.39 Å². The zero-order valence-corrected chi connectivity index (χ0v) is 19.6. The summed E-state index contributed by atoms with van der Waals surface area (Å²) in [6.07, 6.45) is 17.9. The van der Waals surface area contributed by atoms with Gasteiger partial charge in [0.25, 0.3) is 0 Å². The van der Waals surface area contributed by atoms with Crippen molar-refractivity contribution in [1.82, 2.24) is 9.97 Å². The first-order valence-electron chi connectivity index (χ1n) is 12.4. The van der Waals surface area contributed by atoms with Crippen molar-refractivity contribution >= 4 is 0 Å². The molecule has 31 heavy (non-hydrogen) atoms. The zero-order valence-electron chi connectivity index (χ0n) is 19.6. The molecule has 0 saturated carbocycles. The summed E-state index contributed by atoms with van der Waals surface area (Å²) in [5.41, 5.74) is 2.18. The Morgan fingerprint density at radius 1 is 0.774 bits per heavy atom. The van der Waals surface area contributed by atoms with Gasteiger partial charge in [0.05, 0.1) is 6.61 Å². The van der Waals surface area contributed by atoms with E-state index in [1.165, 1.54) is 56.9 Å². The van der Waals surface area contributed by atoms with Crippen LogP contribution in [0, 0.1) is 0 Å². The fourth-order valence-corrected chi connectivity index (χ4v) is 3.67. The second-order valence-corrected chi connectivity index (χ2v) is 8.54. The lowest BCUT2D eigenvalue weighted by Gasteiger charge is -2.10. The van der Waals surface area contributed by atoms with E-state index in [1.807, 2.05) is 36.7 Å². The topological polar surface area (TPSA) is 35.0 Å². The summed E-state index contributed by atoms with van der Waals surface area (Å²) in [5.74, 6) is 1.49. The molecule has 2 aromatic rings. The highest BCUT2D eigenvalue weighted by Crippen LogP contribution is 2.20. The van der Waals surface area contributed by atoms with E-state index in [2.05, 4.69) is 23.8 Å². The van der Waals surface area contributed by atoms with Crippen LogP contribution in [-0.2, 0) is 6.42 Å². The highest BCUT2D eigenvalue weighted by atomic mass is 19.1. The van der Waals surface area contributed by atoms with E-state index in [0.29, 0.717) is 19.4 Å². The molecule has 1 unspecified atom stereocenters. The lowest BCUT2D eigenvalue weighted by molar-refractivity contribution is 0.223. The van der Waals surface area contributed by atoms with Gasteiger partial charge in [-0.3, -0.25) is 0 Å². The van der Waals surface area contributed by atoms with Crippen molar-refractivity contribution in [3.63, 3.8) is 0 Å². The standard InChI is InChI=1S/C27H41FN2O/c1-3-5-7-8-9-10-11-12-13-23-21-29-27(30-22-23)24-15-17-26(18-16-24)31-20-19-25(28)14-6-4-2/h15-18,21-22,25H,3-14,19-20H2,1-2H3. The van der Waals surface area contributed by atoms with Crippen molar-refractivity contribution in [3.8, 4) is 17.1 Å². The first kappa shape index (κ1) is 25.3. The van der Waals surface area contributed by atoms with Crippen molar-refractivity contribution in [2.75, 3.05) is 6.61 Å². The Bertz CT molecular complexity index is 687. The molecule has 0 N–H and O–H groups in total. The molecule has 0 aliphatic rings. The largest absolute Gasteiger partial charge is 0.493 e. The molecule has 2 rings (SSSR count).